The summed E-state index contributed by atoms with van der Waals surface area (Å²) in [6.45, 7) is 3.49. The van der Waals surface area contributed by atoms with Crippen LogP contribution < -0.4 is 14.8 Å². The third-order valence-electron chi connectivity index (χ3n) is 6.07. The molecule has 1 aliphatic heterocycles. The summed E-state index contributed by atoms with van der Waals surface area (Å²) in [5.74, 6) is 0.710. The van der Waals surface area contributed by atoms with Crippen LogP contribution in [0.2, 0.25) is 0 Å². The summed E-state index contributed by atoms with van der Waals surface area (Å²) < 4.78 is 38.8. The zero-order chi connectivity index (χ0) is 21.1. The van der Waals surface area contributed by atoms with Gasteiger partial charge in [0.15, 0.2) is 11.6 Å². The zero-order valence-electron chi connectivity index (χ0n) is 17.8. The number of aromatic nitrogens is 1. The molecule has 0 bridgehead atoms. The van der Waals surface area contributed by atoms with Crippen LogP contribution >= 0.6 is 12.4 Å². The smallest absolute Gasteiger partial charge is 0.165 e. The number of rotatable bonds is 8. The van der Waals surface area contributed by atoms with E-state index in [0.29, 0.717) is 18.1 Å². The van der Waals surface area contributed by atoms with Gasteiger partial charge in [0.05, 0.1) is 13.7 Å². The minimum atomic E-state index is -0.333. The molecule has 0 spiro atoms. The van der Waals surface area contributed by atoms with Crippen LogP contribution in [0, 0.1) is 17.6 Å². The first kappa shape index (κ1) is 23.4. The van der Waals surface area contributed by atoms with Gasteiger partial charge >= 0.3 is 0 Å². The molecule has 3 aromatic rings. The number of aryl methyl sites for hydroxylation is 1. The maximum Gasteiger partial charge on any atom is 0.165 e. The maximum atomic E-state index is 14.1. The SMILES string of the molecule is CCC(NCCCc1c[nH]c2ccc(F)cc12)C1COc2c(F)ccc(OC)c2C1.Cl. The number of nitrogens with one attached hydrogen (secondary N) is 2. The second-order valence-corrected chi connectivity index (χ2v) is 7.91. The number of methoxy groups -OCH3 is 1. The molecule has 0 saturated carbocycles. The van der Waals surface area contributed by atoms with E-state index >= 15 is 0 Å². The highest BCUT2D eigenvalue weighted by atomic mass is 35.5. The van der Waals surface area contributed by atoms with Gasteiger partial charge in [-0.1, -0.05) is 6.92 Å². The summed E-state index contributed by atoms with van der Waals surface area (Å²) in [5, 5.41) is 4.60. The molecule has 2 aromatic carbocycles. The molecule has 1 aromatic heterocycles. The van der Waals surface area contributed by atoms with Gasteiger partial charge in [0.25, 0.3) is 0 Å². The van der Waals surface area contributed by atoms with Crippen LogP contribution in [0.25, 0.3) is 10.9 Å². The molecule has 2 atom stereocenters. The molecule has 0 saturated heterocycles. The Bertz CT molecular complexity index is 1020. The molecule has 2 unspecified atom stereocenters. The average molecular weight is 451 g/mol. The van der Waals surface area contributed by atoms with Gasteiger partial charge in [-0.15, -0.1) is 12.4 Å². The first-order chi connectivity index (χ1) is 14.6. The van der Waals surface area contributed by atoms with E-state index in [4.69, 9.17) is 9.47 Å². The Hall–Kier alpha value is -2.31. The van der Waals surface area contributed by atoms with Gasteiger partial charge in [-0.25, -0.2) is 8.78 Å². The summed E-state index contributed by atoms with van der Waals surface area (Å²) in [4.78, 5) is 3.21. The molecular weight excluding hydrogens is 422 g/mol. The summed E-state index contributed by atoms with van der Waals surface area (Å²) >= 11 is 0. The lowest BCUT2D eigenvalue weighted by Crippen LogP contribution is -2.42. The summed E-state index contributed by atoms with van der Waals surface area (Å²) in [6.07, 6.45) is 5.47. The highest BCUT2D eigenvalue weighted by Crippen LogP contribution is 2.37. The largest absolute Gasteiger partial charge is 0.496 e. The van der Waals surface area contributed by atoms with Crippen LogP contribution in [-0.2, 0) is 12.8 Å². The van der Waals surface area contributed by atoms with E-state index in [9.17, 15) is 8.78 Å². The second-order valence-electron chi connectivity index (χ2n) is 7.91. The van der Waals surface area contributed by atoms with Crippen molar-refractivity contribution in [3.05, 3.63) is 59.3 Å². The predicted molar refractivity (Wildman–Crippen MR) is 122 cm³/mol. The minimum Gasteiger partial charge on any atom is -0.496 e. The molecule has 2 N–H and O–H groups in total. The Kier molecular flexibility index (Phi) is 7.79. The lowest BCUT2D eigenvalue weighted by atomic mass is 9.88. The van der Waals surface area contributed by atoms with Gasteiger partial charge in [-0.2, -0.15) is 0 Å². The van der Waals surface area contributed by atoms with Crippen molar-refractivity contribution in [1.29, 1.82) is 0 Å². The van der Waals surface area contributed by atoms with Gasteiger partial charge in [-0.3, -0.25) is 0 Å². The number of hydrogen-bond donors (Lipinski definition) is 2. The summed E-state index contributed by atoms with van der Waals surface area (Å²) in [7, 11) is 1.60. The fraction of sp³-hybridized carbons (Fsp3) is 0.417. The Morgan fingerprint density at radius 1 is 1.26 bits per heavy atom. The summed E-state index contributed by atoms with van der Waals surface area (Å²) in [6, 6.07) is 8.17. The van der Waals surface area contributed by atoms with Crippen molar-refractivity contribution in [2.24, 2.45) is 5.92 Å². The van der Waals surface area contributed by atoms with Crippen LogP contribution in [-0.4, -0.2) is 31.3 Å². The van der Waals surface area contributed by atoms with Crippen LogP contribution in [0.1, 0.15) is 30.9 Å². The highest BCUT2D eigenvalue weighted by Gasteiger charge is 2.30. The monoisotopic (exact) mass is 450 g/mol. The van der Waals surface area contributed by atoms with Gasteiger partial charge in [0, 0.05) is 34.6 Å². The van der Waals surface area contributed by atoms with Gasteiger partial charge in [0.2, 0.25) is 0 Å². The molecule has 4 rings (SSSR count). The Morgan fingerprint density at radius 3 is 2.87 bits per heavy atom. The van der Waals surface area contributed by atoms with Gasteiger partial charge in [-0.05, 0) is 68.1 Å². The van der Waals surface area contributed by atoms with Crippen molar-refractivity contribution in [2.75, 3.05) is 20.3 Å². The highest BCUT2D eigenvalue weighted by molar-refractivity contribution is 5.85. The van der Waals surface area contributed by atoms with Crippen LogP contribution in [0.5, 0.6) is 11.5 Å². The molecule has 31 heavy (non-hydrogen) atoms. The quantitative estimate of drug-likeness (QED) is 0.450. The maximum absolute atomic E-state index is 14.1. The average Bonchev–Trinajstić information content (AvgIpc) is 3.16. The fourth-order valence-electron chi connectivity index (χ4n) is 4.46. The molecule has 0 amide bonds. The lowest BCUT2D eigenvalue weighted by Gasteiger charge is -2.32. The van der Waals surface area contributed by atoms with Crippen molar-refractivity contribution in [1.82, 2.24) is 10.3 Å². The molecular formula is C24H29ClF2N2O2. The normalized spacial score (nSPS) is 16.3. The number of hydrogen-bond acceptors (Lipinski definition) is 3. The van der Waals surface area contributed by atoms with E-state index in [1.165, 1.54) is 12.1 Å². The van der Waals surface area contributed by atoms with E-state index in [1.54, 1.807) is 25.3 Å². The van der Waals surface area contributed by atoms with E-state index in [-0.39, 0.29) is 36.0 Å². The topological polar surface area (TPSA) is 46.3 Å². The third-order valence-corrected chi connectivity index (χ3v) is 6.07. The zero-order valence-corrected chi connectivity index (χ0v) is 18.7. The Balaban J connectivity index is 0.00000272. The molecule has 2 heterocycles. The van der Waals surface area contributed by atoms with Crippen molar-refractivity contribution in [2.45, 2.75) is 38.6 Å². The minimum absolute atomic E-state index is 0. The number of halogens is 3. The van der Waals surface area contributed by atoms with E-state index in [1.807, 2.05) is 6.20 Å². The van der Waals surface area contributed by atoms with Crippen LogP contribution in [0.15, 0.2) is 36.5 Å². The molecule has 0 aliphatic carbocycles. The first-order valence-corrected chi connectivity index (χ1v) is 10.6. The van der Waals surface area contributed by atoms with E-state index < -0.39 is 0 Å². The van der Waals surface area contributed by atoms with Crippen molar-refractivity contribution in [3.63, 3.8) is 0 Å². The lowest BCUT2D eigenvalue weighted by molar-refractivity contribution is 0.172. The molecule has 0 radical (unpaired) electrons. The van der Waals surface area contributed by atoms with Gasteiger partial charge in [0.1, 0.15) is 11.6 Å². The molecule has 4 nitrogen and oxygen atoms in total. The number of H-pyrrole nitrogens is 1. The van der Waals surface area contributed by atoms with Gasteiger partial charge < -0.3 is 19.8 Å². The van der Waals surface area contributed by atoms with Crippen molar-refractivity contribution < 1.29 is 18.3 Å². The van der Waals surface area contributed by atoms with Crippen molar-refractivity contribution >= 4 is 23.3 Å². The van der Waals surface area contributed by atoms with Crippen LogP contribution in [0.4, 0.5) is 8.78 Å². The molecule has 168 valence electrons. The Morgan fingerprint density at radius 2 is 2.10 bits per heavy atom. The summed E-state index contributed by atoms with van der Waals surface area (Å²) in [5.41, 5.74) is 2.91. The number of aromatic amines is 1. The Labute approximate surface area is 187 Å². The second kappa shape index (κ2) is 10.3. The number of fused-ring (bicyclic) bond motifs is 2. The molecule has 0 fully saturated rings. The molecule has 1 aliphatic rings. The van der Waals surface area contributed by atoms with E-state index in [0.717, 1.165) is 54.3 Å². The standard InChI is InChI=1S/C24H28F2N2O2.ClH/c1-3-21(16-11-19-23(29-2)9-7-20(26)24(19)30-14-16)27-10-4-5-15-13-28-22-8-6-17(25)12-18(15)22;/h6-9,12-13,16,21,27-28H,3-5,10-11,14H2,1-2H3;1H. The third kappa shape index (κ3) is 4.96. The number of benzene rings is 2. The predicted octanol–water partition coefficient (Wildman–Crippen LogP) is 5.43. The van der Waals surface area contributed by atoms with Crippen LogP contribution in [0.3, 0.4) is 0 Å². The van der Waals surface area contributed by atoms with E-state index in [2.05, 4.69) is 17.2 Å². The fourth-order valence-corrected chi connectivity index (χ4v) is 4.46. The number of ether oxygens (including phenoxy) is 2. The molecule has 7 heteroatoms. The first-order valence-electron chi connectivity index (χ1n) is 10.6. The van der Waals surface area contributed by atoms with Crippen molar-refractivity contribution in [3.8, 4) is 11.5 Å².